The Labute approximate surface area is 148 Å². The van der Waals surface area contributed by atoms with Crippen LogP contribution in [-0.2, 0) is 10.1 Å². The fraction of sp³-hybridized carbons (Fsp3) is 0. The van der Waals surface area contributed by atoms with Crippen molar-refractivity contribution in [1.82, 2.24) is 0 Å². The minimum absolute atomic E-state index is 0.214. The summed E-state index contributed by atoms with van der Waals surface area (Å²) in [5.41, 5.74) is 7.52. The van der Waals surface area contributed by atoms with Crippen LogP contribution in [0.2, 0.25) is 0 Å². The quantitative estimate of drug-likeness (QED) is 0.264. The van der Waals surface area contributed by atoms with Gasteiger partial charge < -0.3 is 10.3 Å². The predicted octanol–water partition coefficient (Wildman–Crippen LogP) is 4.65. The van der Waals surface area contributed by atoms with E-state index in [0.717, 1.165) is 10.8 Å². The summed E-state index contributed by atoms with van der Waals surface area (Å²) in [5, 5.41) is 9.77. The molecule has 0 bridgehead atoms. The fourth-order valence-corrected chi connectivity index (χ4v) is 3.06. The van der Waals surface area contributed by atoms with Gasteiger partial charge in [-0.15, -0.1) is 5.11 Å². The van der Waals surface area contributed by atoms with Crippen LogP contribution in [0.4, 0.5) is 17.1 Å². The first-order valence-electron chi connectivity index (χ1n) is 7.01. The molecule has 3 aromatic rings. The summed E-state index contributed by atoms with van der Waals surface area (Å²) in [6.45, 7) is 0. The molecule has 0 saturated heterocycles. The second-order valence-corrected chi connectivity index (χ2v) is 7.22. The van der Waals surface area contributed by atoms with Gasteiger partial charge in [-0.2, -0.15) is 13.5 Å². The molecule has 0 atom stereocenters. The maximum Gasteiger partial charge on any atom is 0.294 e. The van der Waals surface area contributed by atoms with E-state index in [1.807, 2.05) is 0 Å². The Morgan fingerprint density at radius 1 is 0.920 bits per heavy atom. The van der Waals surface area contributed by atoms with Gasteiger partial charge in [0.2, 0.25) is 0 Å². The molecule has 0 amide bonds. The van der Waals surface area contributed by atoms with Crippen molar-refractivity contribution in [2.75, 3.05) is 5.73 Å². The monoisotopic (exact) mass is 375 g/mol. The van der Waals surface area contributed by atoms with Crippen molar-refractivity contribution in [3.05, 3.63) is 54.6 Å². The van der Waals surface area contributed by atoms with Gasteiger partial charge >= 0.3 is 0 Å². The third-order valence-electron chi connectivity index (χ3n) is 3.51. The number of benzene rings is 3. The Kier molecular flexibility index (Phi) is 4.73. The number of fused-ring (bicyclic) bond motifs is 1. The van der Waals surface area contributed by atoms with Gasteiger partial charge in [0.25, 0.3) is 10.1 Å². The molecule has 4 N–H and O–H groups in total. The number of hydrogen-bond acceptors (Lipinski definition) is 7. The molecule has 0 saturated carbocycles. The summed E-state index contributed by atoms with van der Waals surface area (Å²) in [7, 11) is -4.24. The van der Waals surface area contributed by atoms with E-state index in [1.54, 1.807) is 30.3 Å². The van der Waals surface area contributed by atoms with Crippen LogP contribution in [0, 0.1) is 0 Å². The van der Waals surface area contributed by atoms with Crippen LogP contribution in [0.1, 0.15) is 0 Å². The molecule has 3 aromatic carbocycles. The maximum absolute atomic E-state index is 11.0. The Hall–Kier alpha value is -2.46. The molecule has 25 heavy (non-hydrogen) atoms. The van der Waals surface area contributed by atoms with Crippen LogP contribution in [-0.4, -0.2) is 17.5 Å². The van der Waals surface area contributed by atoms with Crippen LogP contribution in [0.5, 0.6) is 0 Å². The molecular weight excluding hydrogens is 362 g/mol. The highest BCUT2D eigenvalue weighted by Crippen LogP contribution is 2.34. The van der Waals surface area contributed by atoms with Crippen LogP contribution < -0.4 is 5.73 Å². The van der Waals surface area contributed by atoms with E-state index in [0.29, 0.717) is 34.0 Å². The van der Waals surface area contributed by atoms with Crippen molar-refractivity contribution in [3.63, 3.8) is 0 Å². The highest BCUT2D eigenvalue weighted by atomic mass is 32.2. The lowest BCUT2D eigenvalue weighted by molar-refractivity contribution is 0.483. The van der Waals surface area contributed by atoms with Gasteiger partial charge in [-0.05, 0) is 48.5 Å². The van der Waals surface area contributed by atoms with Crippen molar-refractivity contribution in [2.45, 2.75) is 9.79 Å². The Balaban J connectivity index is 2.00. The third kappa shape index (κ3) is 3.80. The van der Waals surface area contributed by atoms with Gasteiger partial charge in [0.05, 0.1) is 16.3 Å². The molecule has 0 unspecified atom stereocenters. The first-order chi connectivity index (χ1) is 11.9. The molecule has 0 aromatic heterocycles. The molecule has 0 fully saturated rings. The molecule has 7 nitrogen and oxygen atoms in total. The van der Waals surface area contributed by atoms with Crippen LogP contribution in [0.3, 0.4) is 0 Å². The number of nitrogens with zero attached hydrogens (tertiary/aromatic N) is 2. The average molecular weight is 375 g/mol. The number of anilines is 1. The van der Waals surface area contributed by atoms with E-state index in [9.17, 15) is 13.0 Å². The molecule has 0 aliphatic heterocycles. The zero-order valence-corrected chi connectivity index (χ0v) is 14.3. The van der Waals surface area contributed by atoms with E-state index in [2.05, 4.69) is 10.2 Å². The number of nitrogens with two attached hydrogens (primary N) is 1. The second kappa shape index (κ2) is 6.81. The van der Waals surface area contributed by atoms with Gasteiger partial charge in [-0.25, -0.2) is 0 Å². The molecular formula is C16H13N3O4S2. The lowest BCUT2D eigenvalue weighted by Gasteiger charge is -2.06. The van der Waals surface area contributed by atoms with E-state index in [1.165, 1.54) is 24.3 Å². The molecule has 0 heterocycles. The molecule has 0 aliphatic carbocycles. The normalized spacial score (nSPS) is 12.1. The third-order valence-corrected chi connectivity index (χ3v) is 4.84. The lowest BCUT2D eigenvalue weighted by Crippen LogP contribution is -1.96. The summed E-state index contributed by atoms with van der Waals surface area (Å²) < 4.78 is 40.2. The number of azo groups is 1. The topological polar surface area (TPSA) is 125 Å². The molecule has 0 aliphatic rings. The Morgan fingerprint density at radius 2 is 1.64 bits per heavy atom. The summed E-state index contributed by atoms with van der Waals surface area (Å²) in [5.74, 6) is 0. The Bertz CT molecular complexity index is 1060. The lowest BCUT2D eigenvalue weighted by atomic mass is 10.1. The summed E-state index contributed by atoms with van der Waals surface area (Å²) >= 11 is 0.623. The highest BCUT2D eigenvalue weighted by Gasteiger charge is 2.09. The first-order valence-corrected chi connectivity index (χ1v) is 9.23. The summed E-state index contributed by atoms with van der Waals surface area (Å²) in [6, 6.07) is 14.1. The summed E-state index contributed by atoms with van der Waals surface area (Å²) in [4.78, 5) is 0.432. The molecule has 0 spiro atoms. The Morgan fingerprint density at radius 3 is 2.28 bits per heavy atom. The zero-order valence-electron chi connectivity index (χ0n) is 12.7. The maximum atomic E-state index is 11.0. The number of nitrogen functional groups attached to an aromatic ring is 1. The molecule has 3 rings (SSSR count). The van der Waals surface area contributed by atoms with E-state index < -0.39 is 10.1 Å². The SMILES string of the molecule is Nc1ccc(N=Nc2ccc(S(=O)(=O)O)cc2)c2cc(SO)ccc12. The van der Waals surface area contributed by atoms with E-state index >= 15 is 0 Å². The average Bonchev–Trinajstić information content (AvgIpc) is 2.60. The van der Waals surface area contributed by atoms with Crippen LogP contribution >= 0.6 is 12.0 Å². The highest BCUT2D eigenvalue weighted by molar-refractivity contribution is 7.93. The van der Waals surface area contributed by atoms with Crippen molar-refractivity contribution in [1.29, 1.82) is 0 Å². The minimum atomic E-state index is -4.24. The summed E-state index contributed by atoms with van der Waals surface area (Å²) in [6.07, 6.45) is 0. The van der Waals surface area contributed by atoms with Gasteiger partial charge in [-0.1, -0.05) is 6.07 Å². The smallest absolute Gasteiger partial charge is 0.294 e. The van der Waals surface area contributed by atoms with Crippen LogP contribution in [0.25, 0.3) is 10.8 Å². The van der Waals surface area contributed by atoms with E-state index in [-0.39, 0.29) is 4.90 Å². The standard InChI is InChI=1S/C16H13N3O4S2/c17-15-7-8-16(14-9-11(24-20)3-6-13(14)15)19-18-10-1-4-12(5-2-10)25(21,22)23/h1-9,20H,17H2,(H,21,22,23). The van der Waals surface area contributed by atoms with Gasteiger partial charge in [-0.3, -0.25) is 4.55 Å². The predicted molar refractivity (Wildman–Crippen MR) is 97.3 cm³/mol. The fourth-order valence-electron chi connectivity index (χ4n) is 2.28. The minimum Gasteiger partial charge on any atom is -0.398 e. The molecule has 9 heteroatoms. The van der Waals surface area contributed by atoms with Crippen LogP contribution in [0.15, 0.2) is 74.6 Å². The number of hydrogen-bond donors (Lipinski definition) is 3. The first kappa shape index (κ1) is 17.4. The largest absolute Gasteiger partial charge is 0.398 e. The van der Waals surface area contributed by atoms with Crippen molar-refractivity contribution < 1.29 is 17.5 Å². The second-order valence-electron chi connectivity index (χ2n) is 5.14. The van der Waals surface area contributed by atoms with Gasteiger partial charge in [0.1, 0.15) is 0 Å². The van der Waals surface area contributed by atoms with Crippen molar-refractivity contribution in [2.24, 2.45) is 10.2 Å². The van der Waals surface area contributed by atoms with Crippen molar-refractivity contribution in [3.8, 4) is 0 Å². The molecule has 0 radical (unpaired) electrons. The zero-order chi connectivity index (χ0) is 18.0. The van der Waals surface area contributed by atoms with E-state index in [4.69, 9.17) is 10.3 Å². The van der Waals surface area contributed by atoms with Crippen molar-refractivity contribution >= 4 is 50.0 Å². The number of rotatable bonds is 4. The van der Waals surface area contributed by atoms with Gasteiger partial charge in [0.15, 0.2) is 0 Å². The molecule has 128 valence electrons. The van der Waals surface area contributed by atoms with Gasteiger partial charge in [0, 0.05) is 33.4 Å².